The van der Waals surface area contributed by atoms with Crippen molar-refractivity contribution in [1.82, 2.24) is 10.2 Å². The molecule has 0 saturated carbocycles. The number of nitrogens with zero attached hydrogens (tertiary/aromatic N) is 1. The molecule has 1 aromatic rings. The SMILES string of the molecule is CNCC(=O)c1ccc(CN2CCCC2)cc1. The van der Waals surface area contributed by atoms with Gasteiger partial charge in [-0.3, -0.25) is 9.69 Å². The molecular formula is C14H20N2O. The number of hydrogen-bond donors (Lipinski definition) is 1. The number of carbonyl (C=O) groups is 1. The summed E-state index contributed by atoms with van der Waals surface area (Å²) in [5.41, 5.74) is 2.09. The molecule has 0 bridgehead atoms. The summed E-state index contributed by atoms with van der Waals surface area (Å²) in [4.78, 5) is 14.1. The van der Waals surface area contributed by atoms with Crippen LogP contribution in [0.4, 0.5) is 0 Å². The van der Waals surface area contributed by atoms with Gasteiger partial charge in [0.25, 0.3) is 0 Å². The van der Waals surface area contributed by atoms with Gasteiger partial charge in [-0.1, -0.05) is 24.3 Å². The van der Waals surface area contributed by atoms with E-state index >= 15 is 0 Å². The van der Waals surface area contributed by atoms with E-state index in [4.69, 9.17) is 0 Å². The Hall–Kier alpha value is -1.19. The summed E-state index contributed by atoms with van der Waals surface area (Å²) in [6, 6.07) is 8.01. The Balaban J connectivity index is 1.94. The Bertz CT molecular complexity index is 366. The summed E-state index contributed by atoms with van der Waals surface area (Å²) in [5.74, 6) is 0.153. The molecule has 0 radical (unpaired) electrons. The Morgan fingerprint density at radius 3 is 2.47 bits per heavy atom. The van der Waals surface area contributed by atoms with Crippen molar-refractivity contribution in [2.24, 2.45) is 0 Å². The zero-order valence-electron chi connectivity index (χ0n) is 10.4. The van der Waals surface area contributed by atoms with Crippen LogP contribution in [0.2, 0.25) is 0 Å². The van der Waals surface area contributed by atoms with Gasteiger partial charge in [0, 0.05) is 12.1 Å². The highest BCUT2D eigenvalue weighted by Crippen LogP contribution is 2.13. The van der Waals surface area contributed by atoms with E-state index < -0.39 is 0 Å². The summed E-state index contributed by atoms with van der Waals surface area (Å²) >= 11 is 0. The lowest BCUT2D eigenvalue weighted by Gasteiger charge is -2.14. The van der Waals surface area contributed by atoms with Crippen molar-refractivity contribution in [3.63, 3.8) is 0 Å². The van der Waals surface area contributed by atoms with Gasteiger partial charge in [0.1, 0.15) is 0 Å². The van der Waals surface area contributed by atoms with E-state index in [2.05, 4.69) is 22.3 Å². The molecule has 92 valence electrons. The van der Waals surface area contributed by atoms with Gasteiger partial charge in [-0.15, -0.1) is 0 Å². The van der Waals surface area contributed by atoms with Gasteiger partial charge in [-0.2, -0.15) is 0 Å². The van der Waals surface area contributed by atoms with Crippen molar-refractivity contribution in [2.75, 3.05) is 26.7 Å². The van der Waals surface area contributed by atoms with Crippen LogP contribution in [0, 0.1) is 0 Å². The number of likely N-dealkylation sites (tertiary alicyclic amines) is 1. The van der Waals surface area contributed by atoms with E-state index in [1.807, 2.05) is 12.1 Å². The molecule has 1 heterocycles. The number of rotatable bonds is 5. The molecule has 0 unspecified atom stereocenters. The minimum Gasteiger partial charge on any atom is -0.313 e. The van der Waals surface area contributed by atoms with Gasteiger partial charge in [0.05, 0.1) is 6.54 Å². The molecule has 17 heavy (non-hydrogen) atoms. The van der Waals surface area contributed by atoms with Crippen molar-refractivity contribution in [3.8, 4) is 0 Å². The second-order valence-electron chi connectivity index (χ2n) is 4.63. The third-order valence-electron chi connectivity index (χ3n) is 3.22. The van der Waals surface area contributed by atoms with Gasteiger partial charge >= 0.3 is 0 Å². The lowest BCUT2D eigenvalue weighted by atomic mass is 10.1. The van der Waals surface area contributed by atoms with Crippen molar-refractivity contribution >= 4 is 5.78 Å². The molecule has 0 aliphatic carbocycles. The molecule has 0 aromatic heterocycles. The van der Waals surface area contributed by atoms with Crippen LogP contribution in [-0.4, -0.2) is 37.4 Å². The van der Waals surface area contributed by atoms with E-state index in [9.17, 15) is 4.79 Å². The molecule has 3 heteroatoms. The normalized spacial score (nSPS) is 16.3. The first-order valence-electron chi connectivity index (χ1n) is 6.28. The Kier molecular flexibility index (Phi) is 4.29. The highest BCUT2D eigenvalue weighted by Gasteiger charge is 2.11. The second-order valence-corrected chi connectivity index (χ2v) is 4.63. The second kappa shape index (κ2) is 5.94. The predicted molar refractivity (Wildman–Crippen MR) is 69.2 cm³/mol. The highest BCUT2D eigenvalue weighted by molar-refractivity contribution is 5.97. The molecule has 1 N–H and O–H groups in total. The number of ketones is 1. The van der Waals surface area contributed by atoms with Gasteiger partial charge in [0.15, 0.2) is 5.78 Å². The summed E-state index contributed by atoms with van der Waals surface area (Å²) in [7, 11) is 1.79. The summed E-state index contributed by atoms with van der Waals surface area (Å²) in [6.45, 7) is 3.84. The number of hydrogen-bond acceptors (Lipinski definition) is 3. The molecule has 1 aromatic carbocycles. The number of carbonyl (C=O) groups excluding carboxylic acids is 1. The van der Waals surface area contributed by atoms with Crippen LogP contribution in [0.1, 0.15) is 28.8 Å². The standard InChI is InChI=1S/C14H20N2O/c1-15-10-14(17)13-6-4-12(5-7-13)11-16-8-2-3-9-16/h4-7,15H,2-3,8-11H2,1H3. The predicted octanol–water partition coefficient (Wildman–Crippen LogP) is 1.68. The molecule has 0 spiro atoms. The maximum atomic E-state index is 11.6. The topological polar surface area (TPSA) is 32.3 Å². The fourth-order valence-corrected chi connectivity index (χ4v) is 2.26. The third kappa shape index (κ3) is 3.38. The Labute approximate surface area is 103 Å². The fourth-order valence-electron chi connectivity index (χ4n) is 2.26. The monoisotopic (exact) mass is 232 g/mol. The van der Waals surface area contributed by atoms with E-state index in [0.717, 1.165) is 12.1 Å². The van der Waals surface area contributed by atoms with E-state index in [1.165, 1.54) is 31.5 Å². The lowest BCUT2D eigenvalue weighted by Crippen LogP contribution is -2.19. The molecule has 1 saturated heterocycles. The molecular weight excluding hydrogens is 212 g/mol. The van der Waals surface area contributed by atoms with Crippen LogP contribution in [0.5, 0.6) is 0 Å². The van der Waals surface area contributed by atoms with E-state index in [-0.39, 0.29) is 5.78 Å². The van der Waals surface area contributed by atoms with Gasteiger partial charge in [-0.05, 0) is 38.5 Å². The maximum Gasteiger partial charge on any atom is 0.176 e. The van der Waals surface area contributed by atoms with Crippen LogP contribution in [0.15, 0.2) is 24.3 Å². The first-order chi connectivity index (χ1) is 8.29. The Morgan fingerprint density at radius 1 is 1.24 bits per heavy atom. The minimum atomic E-state index is 0.153. The molecule has 2 rings (SSSR count). The van der Waals surface area contributed by atoms with Crippen LogP contribution >= 0.6 is 0 Å². The zero-order chi connectivity index (χ0) is 12.1. The maximum absolute atomic E-state index is 11.6. The van der Waals surface area contributed by atoms with Gasteiger partial charge in [-0.25, -0.2) is 0 Å². The number of benzene rings is 1. The summed E-state index contributed by atoms with van der Waals surface area (Å²) < 4.78 is 0. The number of Topliss-reactive ketones (excluding diaryl/α,β-unsaturated/α-hetero) is 1. The first kappa shape index (κ1) is 12.3. The minimum absolute atomic E-state index is 0.153. The van der Waals surface area contributed by atoms with E-state index in [1.54, 1.807) is 7.05 Å². The zero-order valence-corrected chi connectivity index (χ0v) is 10.4. The molecule has 0 amide bonds. The highest BCUT2D eigenvalue weighted by atomic mass is 16.1. The van der Waals surface area contributed by atoms with Crippen molar-refractivity contribution in [3.05, 3.63) is 35.4 Å². The molecule has 0 atom stereocenters. The van der Waals surface area contributed by atoms with Crippen LogP contribution < -0.4 is 5.32 Å². The molecule has 1 aliphatic heterocycles. The average molecular weight is 232 g/mol. The molecule has 1 aliphatic rings. The fraction of sp³-hybridized carbons (Fsp3) is 0.500. The third-order valence-corrected chi connectivity index (χ3v) is 3.22. The van der Waals surface area contributed by atoms with Crippen molar-refractivity contribution < 1.29 is 4.79 Å². The smallest absolute Gasteiger partial charge is 0.176 e. The average Bonchev–Trinajstić information content (AvgIpc) is 2.83. The largest absolute Gasteiger partial charge is 0.313 e. The van der Waals surface area contributed by atoms with Crippen molar-refractivity contribution in [1.29, 1.82) is 0 Å². The summed E-state index contributed by atoms with van der Waals surface area (Å²) in [6.07, 6.45) is 2.64. The van der Waals surface area contributed by atoms with Gasteiger partial charge in [0.2, 0.25) is 0 Å². The molecule has 1 fully saturated rings. The number of likely N-dealkylation sites (N-methyl/N-ethyl adjacent to an activating group) is 1. The van der Waals surface area contributed by atoms with Crippen molar-refractivity contribution in [2.45, 2.75) is 19.4 Å². The molecule has 3 nitrogen and oxygen atoms in total. The van der Waals surface area contributed by atoms with Gasteiger partial charge < -0.3 is 5.32 Å². The van der Waals surface area contributed by atoms with Crippen LogP contribution in [0.3, 0.4) is 0 Å². The lowest BCUT2D eigenvalue weighted by molar-refractivity contribution is 0.0993. The summed E-state index contributed by atoms with van der Waals surface area (Å²) in [5, 5.41) is 2.88. The van der Waals surface area contributed by atoms with E-state index in [0.29, 0.717) is 6.54 Å². The van der Waals surface area contributed by atoms with Crippen LogP contribution in [-0.2, 0) is 6.54 Å². The number of nitrogens with one attached hydrogen (secondary N) is 1. The first-order valence-corrected chi connectivity index (χ1v) is 6.28. The quantitative estimate of drug-likeness (QED) is 0.784. The Morgan fingerprint density at radius 2 is 1.88 bits per heavy atom. The van der Waals surface area contributed by atoms with Crippen LogP contribution in [0.25, 0.3) is 0 Å².